The van der Waals surface area contributed by atoms with E-state index in [0.717, 1.165) is 36.5 Å². The quantitative estimate of drug-likeness (QED) is 0.712. The molecule has 4 rings (SSSR count). The van der Waals surface area contributed by atoms with E-state index in [2.05, 4.69) is 38.3 Å². The Morgan fingerprint density at radius 3 is 2.70 bits per heavy atom. The van der Waals surface area contributed by atoms with Crippen LogP contribution in [0.25, 0.3) is 17.0 Å². The molecule has 158 valence electrons. The minimum atomic E-state index is -0.500. The Morgan fingerprint density at radius 2 is 2.00 bits per heavy atom. The maximum Gasteiger partial charge on any atom is 0.407 e. The molecule has 30 heavy (non-hydrogen) atoms. The number of amides is 1. The van der Waals surface area contributed by atoms with Crippen molar-refractivity contribution in [1.29, 1.82) is 0 Å². The molecule has 1 saturated heterocycles. The first-order valence-corrected chi connectivity index (χ1v) is 10.3. The van der Waals surface area contributed by atoms with E-state index in [1.54, 1.807) is 4.52 Å². The molecule has 2 unspecified atom stereocenters. The first-order valence-electron chi connectivity index (χ1n) is 10.3. The second-order valence-electron chi connectivity index (χ2n) is 8.75. The molecule has 0 radical (unpaired) electrons. The largest absolute Gasteiger partial charge is 0.444 e. The Labute approximate surface area is 176 Å². The number of ether oxygens (including phenoxy) is 1. The number of aromatic nitrogens is 4. The number of benzene rings is 1. The van der Waals surface area contributed by atoms with Crippen molar-refractivity contribution in [3.63, 3.8) is 0 Å². The van der Waals surface area contributed by atoms with Crippen LogP contribution in [0, 0.1) is 0 Å². The minimum absolute atomic E-state index is 0.0766. The van der Waals surface area contributed by atoms with Gasteiger partial charge in [-0.1, -0.05) is 30.3 Å². The molecular weight excluding hydrogens is 380 g/mol. The summed E-state index contributed by atoms with van der Waals surface area (Å²) in [5, 5.41) is 7.39. The number of nitrogens with one attached hydrogen (secondary N) is 1. The Morgan fingerprint density at radius 1 is 1.23 bits per heavy atom. The SMILES string of the molecule is CC1CC(NC(=O)OC(C)(C)C)CCN1c1cc(-c2ccccc2)nc2ncnn12. The zero-order chi connectivity index (χ0) is 21.3. The van der Waals surface area contributed by atoms with Crippen LogP contribution in [0.4, 0.5) is 10.6 Å². The molecule has 0 bridgehead atoms. The van der Waals surface area contributed by atoms with Gasteiger partial charge in [0, 0.05) is 30.3 Å². The van der Waals surface area contributed by atoms with Gasteiger partial charge in [0.2, 0.25) is 0 Å². The van der Waals surface area contributed by atoms with E-state index in [4.69, 9.17) is 4.74 Å². The number of fused-ring (bicyclic) bond motifs is 1. The van der Waals surface area contributed by atoms with E-state index in [9.17, 15) is 4.79 Å². The molecule has 3 heterocycles. The molecule has 2 atom stereocenters. The van der Waals surface area contributed by atoms with Crippen molar-refractivity contribution in [2.24, 2.45) is 0 Å². The lowest BCUT2D eigenvalue weighted by Crippen LogP contribution is -2.50. The van der Waals surface area contributed by atoms with Gasteiger partial charge < -0.3 is 15.0 Å². The zero-order valence-electron chi connectivity index (χ0n) is 17.9. The molecule has 8 nitrogen and oxygen atoms in total. The number of hydrogen-bond acceptors (Lipinski definition) is 6. The smallest absolute Gasteiger partial charge is 0.407 e. The maximum absolute atomic E-state index is 12.1. The van der Waals surface area contributed by atoms with E-state index >= 15 is 0 Å². The molecule has 1 aliphatic rings. The van der Waals surface area contributed by atoms with Gasteiger partial charge in [-0.05, 0) is 40.5 Å². The second-order valence-corrected chi connectivity index (χ2v) is 8.75. The lowest BCUT2D eigenvalue weighted by molar-refractivity contribution is 0.0494. The highest BCUT2D eigenvalue weighted by Crippen LogP contribution is 2.28. The number of alkyl carbamates (subject to hydrolysis) is 1. The van der Waals surface area contributed by atoms with Gasteiger partial charge in [0.05, 0.1) is 5.69 Å². The van der Waals surface area contributed by atoms with Gasteiger partial charge in [0.25, 0.3) is 5.78 Å². The third kappa shape index (κ3) is 4.37. The van der Waals surface area contributed by atoms with Crippen LogP contribution in [0.1, 0.15) is 40.5 Å². The fraction of sp³-hybridized carbons (Fsp3) is 0.455. The fourth-order valence-electron chi connectivity index (χ4n) is 3.88. The van der Waals surface area contributed by atoms with Gasteiger partial charge >= 0.3 is 6.09 Å². The van der Waals surface area contributed by atoms with Crippen LogP contribution in [-0.4, -0.2) is 49.9 Å². The average molecular weight is 409 g/mol. The number of piperidine rings is 1. The van der Waals surface area contributed by atoms with Crippen LogP contribution in [0.15, 0.2) is 42.7 Å². The second kappa shape index (κ2) is 7.93. The van der Waals surface area contributed by atoms with Crippen molar-refractivity contribution >= 4 is 17.7 Å². The molecule has 3 aromatic rings. The predicted molar refractivity (Wildman–Crippen MR) is 115 cm³/mol. The molecule has 1 N–H and O–H groups in total. The third-order valence-electron chi connectivity index (χ3n) is 5.19. The summed E-state index contributed by atoms with van der Waals surface area (Å²) >= 11 is 0. The van der Waals surface area contributed by atoms with Crippen molar-refractivity contribution in [3.05, 3.63) is 42.7 Å². The Bertz CT molecular complexity index is 1030. The highest BCUT2D eigenvalue weighted by atomic mass is 16.6. The molecule has 0 aliphatic carbocycles. The molecule has 0 saturated carbocycles. The van der Waals surface area contributed by atoms with Crippen LogP contribution in [0.3, 0.4) is 0 Å². The van der Waals surface area contributed by atoms with E-state index < -0.39 is 5.60 Å². The molecule has 1 aliphatic heterocycles. The maximum atomic E-state index is 12.1. The number of carbonyl (C=O) groups excluding carboxylic acids is 1. The highest BCUT2D eigenvalue weighted by molar-refractivity contribution is 5.68. The third-order valence-corrected chi connectivity index (χ3v) is 5.19. The van der Waals surface area contributed by atoms with Gasteiger partial charge in [-0.25, -0.2) is 9.78 Å². The fourth-order valence-corrected chi connectivity index (χ4v) is 3.88. The van der Waals surface area contributed by atoms with E-state index in [1.165, 1.54) is 6.33 Å². The molecule has 1 fully saturated rings. The van der Waals surface area contributed by atoms with Crippen molar-refractivity contribution in [2.75, 3.05) is 11.4 Å². The summed E-state index contributed by atoms with van der Waals surface area (Å²) in [6.45, 7) is 8.56. The Balaban J connectivity index is 1.55. The Hall–Kier alpha value is -3.16. The summed E-state index contributed by atoms with van der Waals surface area (Å²) in [7, 11) is 0. The normalized spacial score (nSPS) is 19.7. The number of hydrogen-bond donors (Lipinski definition) is 1. The number of anilines is 1. The van der Waals surface area contributed by atoms with Crippen molar-refractivity contribution in [1.82, 2.24) is 24.9 Å². The van der Waals surface area contributed by atoms with Gasteiger partial charge in [-0.2, -0.15) is 14.6 Å². The zero-order valence-corrected chi connectivity index (χ0v) is 17.9. The molecule has 1 amide bonds. The lowest BCUT2D eigenvalue weighted by atomic mass is 9.98. The standard InChI is InChI=1S/C22H28N6O2/c1-15-12-17(25-21(29)30-22(2,3)4)10-11-27(15)19-13-18(16-8-6-5-7-9-16)26-20-23-14-24-28(19)20/h5-9,13-15,17H,10-12H2,1-4H3,(H,25,29). The van der Waals surface area contributed by atoms with Gasteiger partial charge in [0.1, 0.15) is 17.7 Å². The molecule has 2 aromatic heterocycles. The summed E-state index contributed by atoms with van der Waals surface area (Å²) < 4.78 is 7.19. The van der Waals surface area contributed by atoms with E-state index in [1.807, 2.05) is 51.1 Å². The van der Waals surface area contributed by atoms with Crippen LogP contribution in [-0.2, 0) is 4.74 Å². The van der Waals surface area contributed by atoms with Gasteiger partial charge in [-0.15, -0.1) is 0 Å². The van der Waals surface area contributed by atoms with E-state index in [0.29, 0.717) is 5.78 Å². The monoisotopic (exact) mass is 408 g/mol. The predicted octanol–water partition coefficient (Wildman–Crippen LogP) is 3.67. The average Bonchev–Trinajstić information content (AvgIpc) is 3.15. The van der Waals surface area contributed by atoms with Crippen molar-refractivity contribution in [3.8, 4) is 11.3 Å². The molecule has 0 spiro atoms. The van der Waals surface area contributed by atoms with Gasteiger partial charge in [-0.3, -0.25) is 0 Å². The summed E-state index contributed by atoms with van der Waals surface area (Å²) in [4.78, 5) is 23.4. The first-order chi connectivity index (χ1) is 14.3. The molecule has 8 heteroatoms. The first kappa shape index (κ1) is 20.1. The molecular formula is C22H28N6O2. The van der Waals surface area contributed by atoms with Crippen molar-refractivity contribution in [2.45, 2.75) is 58.2 Å². The molecule has 1 aromatic carbocycles. The summed E-state index contributed by atoms with van der Waals surface area (Å²) in [5.41, 5.74) is 1.41. The Kier molecular flexibility index (Phi) is 5.32. The van der Waals surface area contributed by atoms with Crippen LogP contribution in [0.5, 0.6) is 0 Å². The van der Waals surface area contributed by atoms with E-state index in [-0.39, 0.29) is 18.2 Å². The topological polar surface area (TPSA) is 84.6 Å². The number of nitrogens with zero attached hydrogens (tertiary/aromatic N) is 5. The summed E-state index contributed by atoms with van der Waals surface area (Å²) in [5.74, 6) is 1.53. The lowest BCUT2D eigenvalue weighted by Gasteiger charge is -2.39. The van der Waals surface area contributed by atoms with Gasteiger partial charge in [0.15, 0.2) is 0 Å². The number of carbonyl (C=O) groups is 1. The van der Waals surface area contributed by atoms with Crippen LogP contribution >= 0.6 is 0 Å². The summed E-state index contributed by atoms with van der Waals surface area (Å²) in [6, 6.07) is 12.4. The van der Waals surface area contributed by atoms with Crippen LogP contribution in [0.2, 0.25) is 0 Å². The van der Waals surface area contributed by atoms with Crippen molar-refractivity contribution < 1.29 is 9.53 Å². The minimum Gasteiger partial charge on any atom is -0.444 e. The van der Waals surface area contributed by atoms with Crippen LogP contribution < -0.4 is 10.2 Å². The number of rotatable bonds is 3. The highest BCUT2D eigenvalue weighted by Gasteiger charge is 2.30. The summed E-state index contributed by atoms with van der Waals surface area (Å²) in [6.07, 6.45) is 2.81.